The smallest absolute Gasteiger partial charge is 0.415 e. The minimum atomic E-state index is -3.60. The van der Waals surface area contributed by atoms with E-state index in [2.05, 4.69) is 9.88 Å². The largest absolute Gasteiger partial charge is 0.447 e. The van der Waals surface area contributed by atoms with Gasteiger partial charge in [0.1, 0.15) is 17.3 Å². The van der Waals surface area contributed by atoms with E-state index in [1.807, 2.05) is 0 Å². The highest BCUT2D eigenvalue weighted by Crippen LogP contribution is 2.41. The van der Waals surface area contributed by atoms with E-state index in [0.29, 0.717) is 32.1 Å². The molecule has 0 bridgehead atoms. The summed E-state index contributed by atoms with van der Waals surface area (Å²) >= 11 is 0. The summed E-state index contributed by atoms with van der Waals surface area (Å²) in [5.41, 5.74) is 0.230. The molecule has 33 heavy (non-hydrogen) atoms. The number of carbonyl (C=O) groups is 1. The van der Waals surface area contributed by atoms with Crippen molar-refractivity contribution in [2.75, 3.05) is 64.0 Å². The Kier molecular flexibility index (Phi) is 6.61. The van der Waals surface area contributed by atoms with E-state index in [4.69, 9.17) is 9.47 Å². The third-order valence-electron chi connectivity index (χ3n) is 7.78. The van der Waals surface area contributed by atoms with Gasteiger partial charge in [-0.15, -0.1) is 0 Å². The van der Waals surface area contributed by atoms with Gasteiger partial charge >= 0.3 is 6.09 Å². The Hall–Kier alpha value is -1.75. The number of sulfonamides is 1. The lowest BCUT2D eigenvalue weighted by atomic mass is 9.72. The Morgan fingerprint density at radius 2 is 1.82 bits per heavy atom. The Morgan fingerprint density at radius 1 is 1.03 bits per heavy atom. The predicted molar refractivity (Wildman–Crippen MR) is 123 cm³/mol. The molecule has 182 valence electrons. The van der Waals surface area contributed by atoms with Gasteiger partial charge < -0.3 is 14.4 Å². The Bertz CT molecular complexity index is 940. The zero-order chi connectivity index (χ0) is 22.9. The van der Waals surface area contributed by atoms with Crippen molar-refractivity contribution in [2.45, 2.75) is 43.4 Å². The van der Waals surface area contributed by atoms with Crippen LogP contribution in [0.1, 0.15) is 38.5 Å². The number of nitrogens with zero attached hydrogens (tertiary/aromatic N) is 4. The van der Waals surface area contributed by atoms with E-state index in [1.165, 1.54) is 23.9 Å². The molecule has 0 atom stereocenters. The zero-order valence-electron chi connectivity index (χ0n) is 19.2. The van der Waals surface area contributed by atoms with Crippen molar-refractivity contribution in [3.8, 4) is 0 Å². The molecule has 0 saturated carbocycles. The third kappa shape index (κ3) is 4.89. The number of piperidine rings is 2. The second-order valence-electron chi connectivity index (χ2n) is 9.92. The fourth-order valence-corrected chi connectivity index (χ4v) is 7.19. The van der Waals surface area contributed by atoms with Crippen LogP contribution in [0.15, 0.2) is 23.2 Å². The lowest BCUT2D eigenvalue weighted by molar-refractivity contribution is 0.0128. The van der Waals surface area contributed by atoms with E-state index < -0.39 is 16.1 Å². The van der Waals surface area contributed by atoms with E-state index in [1.54, 1.807) is 16.4 Å². The molecule has 0 aromatic carbocycles. The molecule has 9 nitrogen and oxygen atoms in total. The van der Waals surface area contributed by atoms with Crippen LogP contribution in [0.5, 0.6) is 0 Å². The highest BCUT2D eigenvalue weighted by molar-refractivity contribution is 7.89. The van der Waals surface area contributed by atoms with Crippen molar-refractivity contribution < 1.29 is 22.7 Å². The maximum Gasteiger partial charge on any atom is 0.415 e. The standard InChI is InChI=1S/C23H34N4O5S/c28-22-27(12-15-32-22)21-3-2-20(16-24-21)33(29,30)26-10-7-23(8-11-26)6-1-9-25(18-23)17-19-4-13-31-14-5-19/h2-3,16,19H,1,4-15,17-18H2. The van der Waals surface area contributed by atoms with E-state index in [9.17, 15) is 13.2 Å². The highest BCUT2D eigenvalue weighted by atomic mass is 32.2. The molecule has 0 aliphatic carbocycles. The summed E-state index contributed by atoms with van der Waals surface area (Å²) in [7, 11) is -3.60. The number of amides is 1. The molecule has 4 fully saturated rings. The van der Waals surface area contributed by atoms with Crippen LogP contribution >= 0.6 is 0 Å². The van der Waals surface area contributed by atoms with Crippen LogP contribution < -0.4 is 4.90 Å². The van der Waals surface area contributed by atoms with Crippen LogP contribution in [0.4, 0.5) is 10.6 Å². The molecule has 4 aliphatic rings. The SMILES string of the molecule is O=C1OCCN1c1ccc(S(=O)(=O)N2CCC3(CCCN(CC4CCOCC4)C3)CC2)cn1. The van der Waals surface area contributed by atoms with Gasteiger partial charge in [0.2, 0.25) is 10.0 Å². The molecule has 5 rings (SSSR count). The summed E-state index contributed by atoms with van der Waals surface area (Å²) in [6, 6.07) is 3.13. The molecular formula is C23H34N4O5S. The molecule has 1 aromatic rings. The molecule has 10 heteroatoms. The van der Waals surface area contributed by atoms with Crippen LogP contribution in [0.2, 0.25) is 0 Å². The lowest BCUT2D eigenvalue weighted by Crippen LogP contribution is -2.51. The quantitative estimate of drug-likeness (QED) is 0.641. The van der Waals surface area contributed by atoms with Crippen LogP contribution in [0.3, 0.4) is 0 Å². The van der Waals surface area contributed by atoms with Crippen molar-refractivity contribution in [1.29, 1.82) is 0 Å². The first kappa shape index (κ1) is 23.0. The maximum atomic E-state index is 13.2. The number of pyridine rings is 1. The molecule has 0 N–H and O–H groups in total. The molecule has 4 saturated heterocycles. The summed E-state index contributed by atoms with van der Waals surface area (Å²) < 4.78 is 38.5. The number of hydrogen-bond donors (Lipinski definition) is 0. The average Bonchev–Trinajstić information content (AvgIpc) is 3.26. The van der Waals surface area contributed by atoms with Crippen molar-refractivity contribution in [3.05, 3.63) is 18.3 Å². The number of hydrogen-bond acceptors (Lipinski definition) is 7. The predicted octanol–water partition coefficient (Wildman–Crippen LogP) is 2.33. The third-order valence-corrected chi connectivity index (χ3v) is 9.66. The number of rotatable bonds is 5. The number of anilines is 1. The topological polar surface area (TPSA) is 92.3 Å². The minimum absolute atomic E-state index is 0.180. The van der Waals surface area contributed by atoms with Gasteiger partial charge in [0, 0.05) is 45.6 Å². The van der Waals surface area contributed by atoms with Gasteiger partial charge in [0.25, 0.3) is 0 Å². The maximum absolute atomic E-state index is 13.2. The average molecular weight is 479 g/mol. The molecule has 1 aromatic heterocycles. The molecule has 4 aliphatic heterocycles. The number of carbonyl (C=O) groups excluding carboxylic acids is 1. The minimum Gasteiger partial charge on any atom is -0.447 e. The van der Waals surface area contributed by atoms with E-state index in [0.717, 1.165) is 64.4 Å². The Labute approximate surface area is 196 Å². The first-order valence-electron chi connectivity index (χ1n) is 12.2. The first-order valence-corrected chi connectivity index (χ1v) is 13.6. The van der Waals surface area contributed by atoms with Crippen LogP contribution in [-0.4, -0.2) is 87.8 Å². The number of likely N-dealkylation sites (tertiary alicyclic amines) is 1. The lowest BCUT2D eigenvalue weighted by Gasteiger charge is -2.48. The number of ether oxygens (including phenoxy) is 2. The molecular weight excluding hydrogens is 444 g/mol. The molecule has 1 spiro atoms. The highest BCUT2D eigenvalue weighted by Gasteiger charge is 2.41. The van der Waals surface area contributed by atoms with Gasteiger partial charge in [-0.2, -0.15) is 4.31 Å². The Balaban J connectivity index is 1.19. The van der Waals surface area contributed by atoms with Gasteiger partial charge in [0.15, 0.2) is 0 Å². The van der Waals surface area contributed by atoms with E-state index >= 15 is 0 Å². The van der Waals surface area contributed by atoms with Crippen molar-refractivity contribution in [2.24, 2.45) is 11.3 Å². The van der Waals surface area contributed by atoms with Crippen LogP contribution in [0, 0.1) is 11.3 Å². The molecule has 0 radical (unpaired) electrons. The van der Waals surface area contributed by atoms with Gasteiger partial charge in [-0.3, -0.25) is 4.90 Å². The monoisotopic (exact) mass is 478 g/mol. The van der Waals surface area contributed by atoms with Crippen LogP contribution in [-0.2, 0) is 19.5 Å². The number of cyclic esters (lactones) is 1. The Morgan fingerprint density at radius 3 is 2.48 bits per heavy atom. The summed E-state index contributed by atoms with van der Waals surface area (Å²) in [6.45, 7) is 7.00. The summed E-state index contributed by atoms with van der Waals surface area (Å²) in [4.78, 5) is 20.2. The molecule has 0 unspecified atom stereocenters. The van der Waals surface area contributed by atoms with Gasteiger partial charge in [-0.25, -0.2) is 18.2 Å². The second kappa shape index (κ2) is 9.48. The zero-order valence-corrected chi connectivity index (χ0v) is 20.0. The van der Waals surface area contributed by atoms with Crippen molar-refractivity contribution in [3.63, 3.8) is 0 Å². The summed E-state index contributed by atoms with van der Waals surface area (Å²) in [6.07, 6.45) is 7.41. The van der Waals surface area contributed by atoms with Crippen molar-refractivity contribution >= 4 is 21.9 Å². The fraction of sp³-hybridized carbons (Fsp3) is 0.739. The van der Waals surface area contributed by atoms with Gasteiger partial charge in [-0.05, 0) is 68.5 Å². The fourth-order valence-electron chi connectivity index (χ4n) is 5.80. The normalized spacial score (nSPS) is 25.5. The number of aromatic nitrogens is 1. The van der Waals surface area contributed by atoms with E-state index in [-0.39, 0.29) is 10.3 Å². The molecule has 5 heterocycles. The summed E-state index contributed by atoms with van der Waals surface area (Å²) in [5, 5.41) is 0. The summed E-state index contributed by atoms with van der Waals surface area (Å²) in [5.74, 6) is 1.15. The first-order chi connectivity index (χ1) is 16.0. The molecule has 1 amide bonds. The van der Waals surface area contributed by atoms with Gasteiger partial charge in [-0.1, -0.05) is 0 Å². The second-order valence-corrected chi connectivity index (χ2v) is 11.9. The van der Waals surface area contributed by atoms with Crippen LogP contribution in [0.25, 0.3) is 0 Å². The van der Waals surface area contributed by atoms with Gasteiger partial charge in [0.05, 0.1) is 6.54 Å². The van der Waals surface area contributed by atoms with Crippen molar-refractivity contribution in [1.82, 2.24) is 14.2 Å².